The van der Waals surface area contributed by atoms with Crippen molar-refractivity contribution in [3.05, 3.63) is 68.6 Å². The maximum atomic E-state index is 15.1. The molecule has 3 aromatic carbocycles. The van der Waals surface area contributed by atoms with E-state index in [4.69, 9.17) is 61.3 Å². The summed E-state index contributed by atoms with van der Waals surface area (Å²) in [5, 5.41) is 17.2. The summed E-state index contributed by atoms with van der Waals surface area (Å²) < 4.78 is 83.3. The van der Waals surface area contributed by atoms with Crippen LogP contribution in [0.3, 0.4) is 0 Å². The number of esters is 1. The Balaban J connectivity index is 1.22. The van der Waals surface area contributed by atoms with E-state index in [9.17, 15) is 15.4 Å². The predicted octanol–water partition coefficient (Wildman–Crippen LogP) is 7.51. The average molecular weight is 950 g/mol. The zero-order valence-electron chi connectivity index (χ0n) is 39.8. The van der Waals surface area contributed by atoms with Crippen molar-refractivity contribution in [1.82, 2.24) is 0 Å². The van der Waals surface area contributed by atoms with E-state index in [1.165, 1.54) is 28.3 Å². The summed E-state index contributed by atoms with van der Waals surface area (Å²) in [6.07, 6.45) is -7.68. The number of aryl methyl sites for hydroxylation is 1. The van der Waals surface area contributed by atoms with Crippen molar-refractivity contribution in [2.45, 2.75) is 152 Å². The van der Waals surface area contributed by atoms with E-state index in [0.29, 0.717) is 33.6 Å². The molecule has 1 aliphatic carbocycles. The van der Waals surface area contributed by atoms with E-state index in [0.717, 1.165) is 5.56 Å². The molecule has 20 heteroatoms. The smallest absolute Gasteiger partial charge is 0.303 e. The summed E-state index contributed by atoms with van der Waals surface area (Å²) in [4.78, 5) is 30.3. The molecule has 0 radical (unpaired) electrons. The van der Waals surface area contributed by atoms with Crippen LogP contribution < -0.4 is 14.2 Å². The summed E-state index contributed by atoms with van der Waals surface area (Å²) in [5.74, 6) is -3.93. The number of azide groups is 1. The molecular formula is C47H59N3O16Si. The fourth-order valence-corrected chi connectivity index (χ4v) is 11.7. The zero-order chi connectivity index (χ0) is 48.2. The Bertz CT molecular complexity index is 2520. The van der Waals surface area contributed by atoms with Crippen molar-refractivity contribution in [3.63, 3.8) is 0 Å². The van der Waals surface area contributed by atoms with Gasteiger partial charge in [-0.3, -0.25) is 9.59 Å². The predicted molar refractivity (Wildman–Crippen MR) is 238 cm³/mol. The summed E-state index contributed by atoms with van der Waals surface area (Å²) >= 11 is 0. The van der Waals surface area contributed by atoms with Gasteiger partial charge in [-0.15, -0.1) is 0 Å². The molecular weight excluding hydrogens is 891 g/mol. The van der Waals surface area contributed by atoms with Crippen LogP contribution in [-0.4, -0.2) is 120 Å². The molecule has 1 N–H and O–H groups in total. The average Bonchev–Trinajstić information content (AvgIpc) is 3.95. The van der Waals surface area contributed by atoms with Crippen molar-refractivity contribution >= 4 is 30.8 Å². The van der Waals surface area contributed by atoms with Crippen molar-refractivity contribution in [2.24, 2.45) is 5.11 Å². The van der Waals surface area contributed by atoms with Gasteiger partial charge in [0.15, 0.2) is 26.5 Å². The minimum Gasteiger partial charge on any atom is -0.506 e. The lowest BCUT2D eigenvalue weighted by atomic mass is 9.77. The second kappa shape index (κ2) is 16.8. The molecule has 9 rings (SSSR count). The number of methoxy groups -OCH3 is 4. The first-order valence-corrected chi connectivity index (χ1v) is 25.3. The van der Waals surface area contributed by atoms with E-state index in [1.54, 1.807) is 14.0 Å². The van der Waals surface area contributed by atoms with Crippen LogP contribution in [0.5, 0.6) is 23.0 Å². The number of phenolic OH excluding ortho intramolecular Hbond substituents is 1. The number of ether oxygens (including phenoxy) is 12. The van der Waals surface area contributed by atoms with E-state index in [-0.39, 0.29) is 53.5 Å². The van der Waals surface area contributed by atoms with Gasteiger partial charge in [0.2, 0.25) is 11.9 Å². The fraction of sp³-hybridized carbons (Fsp3) is 0.617. The normalized spacial score (nSPS) is 32.7. The lowest BCUT2D eigenvalue weighted by molar-refractivity contribution is -0.378. The quantitative estimate of drug-likeness (QED) is 0.0314. The number of phenols is 1. The number of nitrogens with zero attached hydrogens (tertiary/aromatic N) is 3. The second-order valence-corrected chi connectivity index (χ2v) is 24.3. The first-order chi connectivity index (χ1) is 31.7. The number of epoxide rings is 1. The largest absolute Gasteiger partial charge is 0.506 e. The zero-order valence-corrected chi connectivity index (χ0v) is 40.8. The fourth-order valence-electron chi connectivity index (χ4n) is 10.4. The number of benzene rings is 3. The minimum absolute atomic E-state index is 0.0144. The van der Waals surface area contributed by atoms with Crippen molar-refractivity contribution in [1.29, 1.82) is 0 Å². The van der Waals surface area contributed by atoms with Crippen LogP contribution in [0.4, 0.5) is 0 Å². The minimum atomic E-state index is -2.59. The molecule has 1 spiro atoms. The van der Waals surface area contributed by atoms with Gasteiger partial charge >= 0.3 is 5.97 Å². The van der Waals surface area contributed by atoms with Crippen LogP contribution >= 0.6 is 0 Å². The Labute approximate surface area is 389 Å². The molecule has 3 aromatic rings. The first-order valence-electron chi connectivity index (χ1n) is 22.4. The molecule has 19 nitrogen and oxygen atoms in total. The number of carbonyl (C=O) groups excluding carboxylic acids is 2. The van der Waals surface area contributed by atoms with Gasteiger partial charge in [-0.2, -0.15) is 0 Å². The van der Waals surface area contributed by atoms with Gasteiger partial charge in [-0.25, -0.2) is 0 Å². The van der Waals surface area contributed by atoms with E-state index in [2.05, 4.69) is 43.9 Å². The molecule has 4 saturated heterocycles. The highest BCUT2D eigenvalue weighted by molar-refractivity contribution is 6.74. The van der Waals surface area contributed by atoms with Crippen molar-refractivity contribution in [2.75, 3.05) is 35.0 Å². The monoisotopic (exact) mass is 949 g/mol. The van der Waals surface area contributed by atoms with E-state index < -0.39 is 92.5 Å². The van der Waals surface area contributed by atoms with Gasteiger partial charge in [0, 0.05) is 55.4 Å². The summed E-state index contributed by atoms with van der Waals surface area (Å²) in [7, 11) is 3.41. The number of aromatic hydroxyl groups is 1. The molecule has 0 aromatic heterocycles. The van der Waals surface area contributed by atoms with Crippen LogP contribution in [-0.2, 0) is 58.5 Å². The van der Waals surface area contributed by atoms with Crippen LogP contribution in [0.25, 0.3) is 21.2 Å². The first kappa shape index (κ1) is 47.5. The van der Waals surface area contributed by atoms with Crippen molar-refractivity contribution in [3.8, 4) is 23.0 Å². The number of ketones is 1. The van der Waals surface area contributed by atoms with Gasteiger partial charge in [0.25, 0.3) is 11.6 Å². The Kier molecular flexibility index (Phi) is 11.9. The molecule has 0 unspecified atom stereocenters. The molecule has 5 aliphatic heterocycles. The van der Waals surface area contributed by atoms with Gasteiger partial charge < -0.3 is 66.4 Å². The van der Waals surface area contributed by atoms with Crippen molar-refractivity contribution < 1.29 is 76.0 Å². The highest BCUT2D eigenvalue weighted by Crippen LogP contribution is 2.72. The van der Waals surface area contributed by atoms with Crippen LogP contribution in [0, 0.1) is 6.92 Å². The number of hydrogen-bond acceptors (Lipinski definition) is 17. The van der Waals surface area contributed by atoms with E-state index in [1.807, 2.05) is 37.3 Å². The van der Waals surface area contributed by atoms with Crippen LogP contribution in [0.2, 0.25) is 18.1 Å². The number of carbonyl (C=O) groups is 2. The third-order valence-electron chi connectivity index (χ3n) is 14.6. The van der Waals surface area contributed by atoms with Gasteiger partial charge in [0.1, 0.15) is 41.3 Å². The molecule has 4 fully saturated rings. The standard InChI is InChI=1S/C47H59N3O16Si/c1-22-17-27-33(37(53)35-34(39(27)55-8)29(58-20-25-13-15-26(54-7)16-14-25)19-30(36(35)52)66-67(11,12)44(4,5)6)40-32(22)41-42-46(63-40,45(21-59-45)47(64-41,65-42)43(56-9)57-10)62-31-18-28(49-50-48)38(23(2)60-31)61-24(3)51/h13-17,23,28-31,38,41-43,53H,18-21H2,1-12H3/t23-,28-,29-,30-,31-,38+,41-,42-,45-,46+,47-/m0/s1. The molecule has 67 heavy (non-hydrogen) atoms. The summed E-state index contributed by atoms with van der Waals surface area (Å²) in [6.45, 7) is 15.4. The van der Waals surface area contributed by atoms with Crippen LogP contribution in [0.1, 0.15) is 92.3 Å². The highest BCUT2D eigenvalue weighted by atomic mass is 28.4. The lowest BCUT2D eigenvalue weighted by Gasteiger charge is -2.51. The molecule has 2 bridgehead atoms. The Hall–Kier alpha value is -4.57. The maximum Gasteiger partial charge on any atom is 0.303 e. The molecule has 11 atom stereocenters. The maximum absolute atomic E-state index is 15.1. The number of fused-ring (bicyclic) bond motifs is 8. The third-order valence-corrected chi connectivity index (χ3v) is 19.1. The highest BCUT2D eigenvalue weighted by Gasteiger charge is 2.94. The molecule has 5 heterocycles. The number of hydrogen-bond donors (Lipinski definition) is 1. The number of Topliss-reactive ketones (excluding diaryl/α,β-unsaturated/α-hetero) is 1. The SMILES string of the molecule is COc1ccc(CO[C@H]2C[C@H](O[Si](C)(C)C(C)(C)C)C(=O)c3c2c(OC)c2cc(C)c4c(c2c3O)O[C@]2(O[C@H]3C[C@H](N=[N+]=[N-])[C@H](OC(C)=O)[C@H](C)O3)[C@H]3O[C@](C(OC)OC)(O[C@@H]43)[C@]23CO3)cc1. The topological polar surface area (TPSA) is 226 Å². The van der Waals surface area contributed by atoms with E-state index >= 15 is 4.79 Å². The number of rotatable bonds is 14. The Morgan fingerprint density at radius 1 is 1.04 bits per heavy atom. The summed E-state index contributed by atoms with van der Waals surface area (Å²) in [6, 6.07) is 8.46. The molecule has 0 saturated carbocycles. The molecule has 6 aliphatic rings. The summed E-state index contributed by atoms with van der Waals surface area (Å²) in [5.41, 5.74) is 10.4. The lowest BCUT2D eigenvalue weighted by Crippen LogP contribution is -2.71. The Morgan fingerprint density at radius 2 is 1.75 bits per heavy atom. The van der Waals surface area contributed by atoms with Gasteiger partial charge in [0.05, 0.1) is 56.6 Å². The van der Waals surface area contributed by atoms with Crippen LogP contribution in [0.15, 0.2) is 35.4 Å². The molecule has 362 valence electrons. The second-order valence-electron chi connectivity index (χ2n) is 19.5. The Morgan fingerprint density at radius 3 is 2.34 bits per heavy atom. The van der Waals surface area contributed by atoms with Gasteiger partial charge in [-0.05, 0) is 66.8 Å². The van der Waals surface area contributed by atoms with Gasteiger partial charge in [-0.1, -0.05) is 38.0 Å². The third kappa shape index (κ3) is 7.13. The molecule has 0 amide bonds.